The smallest absolute Gasteiger partial charge is 0.261 e. The predicted octanol–water partition coefficient (Wildman–Crippen LogP) is 6.23. The van der Waals surface area contributed by atoms with Crippen LogP contribution in [0.4, 0.5) is 0 Å². The number of unbranched alkanes of at least 4 members (excludes halogenated alkanes) is 1. The van der Waals surface area contributed by atoms with E-state index in [9.17, 15) is 4.79 Å². The van der Waals surface area contributed by atoms with E-state index in [0.29, 0.717) is 19.6 Å². The summed E-state index contributed by atoms with van der Waals surface area (Å²) in [5, 5.41) is 4.93. The summed E-state index contributed by atoms with van der Waals surface area (Å²) < 4.78 is 8.25. The van der Waals surface area contributed by atoms with Gasteiger partial charge < -0.3 is 14.6 Å². The number of aromatic nitrogens is 2. The highest BCUT2D eigenvalue weighted by Crippen LogP contribution is 2.24. The summed E-state index contributed by atoms with van der Waals surface area (Å²) in [4.78, 5) is 17.8. The van der Waals surface area contributed by atoms with Gasteiger partial charge in [0.05, 0.1) is 22.5 Å². The third-order valence-corrected chi connectivity index (χ3v) is 6.75. The van der Waals surface area contributed by atoms with Gasteiger partial charge in [0.1, 0.15) is 11.6 Å². The van der Waals surface area contributed by atoms with Crippen LogP contribution in [0.3, 0.4) is 0 Å². The van der Waals surface area contributed by atoms with Crippen molar-refractivity contribution in [2.24, 2.45) is 0 Å². The number of fused-ring (bicyclic) bond motifs is 1. The Kier molecular flexibility index (Phi) is 7.68. The Hall–Kier alpha value is -3.12. The second kappa shape index (κ2) is 10.9. The molecule has 0 radical (unpaired) electrons. The van der Waals surface area contributed by atoms with Gasteiger partial charge in [-0.3, -0.25) is 4.79 Å². The maximum absolute atomic E-state index is 12.2. The van der Waals surface area contributed by atoms with E-state index in [1.54, 1.807) is 0 Å². The van der Waals surface area contributed by atoms with Crippen LogP contribution >= 0.6 is 11.3 Å². The minimum atomic E-state index is -0.0228. The number of nitrogens with zero attached hydrogens (tertiary/aromatic N) is 2. The normalized spacial score (nSPS) is 11.6. The zero-order valence-electron chi connectivity index (χ0n) is 20.2. The van der Waals surface area contributed by atoms with Crippen LogP contribution in [0, 0.1) is 0 Å². The molecule has 0 fully saturated rings. The highest BCUT2D eigenvalue weighted by molar-refractivity contribution is 7.12. The summed E-state index contributed by atoms with van der Waals surface area (Å²) in [6, 6.07) is 20.4. The van der Waals surface area contributed by atoms with Crippen molar-refractivity contribution < 1.29 is 9.53 Å². The molecule has 4 aromatic rings. The second-order valence-electron chi connectivity index (χ2n) is 9.48. The first-order valence-corrected chi connectivity index (χ1v) is 12.8. The molecule has 178 valence electrons. The molecule has 1 N–H and O–H groups in total. The lowest BCUT2D eigenvalue weighted by Crippen LogP contribution is -2.25. The van der Waals surface area contributed by atoms with Crippen molar-refractivity contribution in [3.63, 3.8) is 0 Å². The van der Waals surface area contributed by atoms with Gasteiger partial charge in [0.2, 0.25) is 0 Å². The lowest BCUT2D eigenvalue weighted by atomic mass is 9.87. The van der Waals surface area contributed by atoms with E-state index in [4.69, 9.17) is 9.72 Å². The third kappa shape index (κ3) is 6.06. The average molecular weight is 476 g/mol. The van der Waals surface area contributed by atoms with Gasteiger partial charge in [-0.15, -0.1) is 11.3 Å². The molecule has 6 heteroatoms. The van der Waals surface area contributed by atoms with Crippen LogP contribution in [0.1, 0.15) is 54.7 Å². The highest BCUT2D eigenvalue weighted by Gasteiger charge is 2.13. The summed E-state index contributed by atoms with van der Waals surface area (Å²) in [6.45, 7) is 8.78. The van der Waals surface area contributed by atoms with Gasteiger partial charge in [-0.1, -0.05) is 51.1 Å². The SMILES string of the molecule is CC(C)(C)c1ccc(OCCCCn2c(CCNC(=O)c3cccs3)nc3ccccc32)cc1. The second-order valence-corrected chi connectivity index (χ2v) is 10.4. The Morgan fingerprint density at radius 2 is 1.82 bits per heavy atom. The maximum Gasteiger partial charge on any atom is 0.261 e. The summed E-state index contributed by atoms with van der Waals surface area (Å²) in [5.74, 6) is 1.90. The molecule has 0 bridgehead atoms. The Balaban J connectivity index is 1.30. The van der Waals surface area contributed by atoms with Crippen LogP contribution in [-0.2, 0) is 18.4 Å². The molecule has 2 aromatic heterocycles. The highest BCUT2D eigenvalue weighted by atomic mass is 32.1. The van der Waals surface area contributed by atoms with Crippen LogP contribution in [0.15, 0.2) is 66.0 Å². The largest absolute Gasteiger partial charge is 0.494 e. The van der Waals surface area contributed by atoms with Crippen molar-refractivity contribution in [3.8, 4) is 5.75 Å². The molecule has 5 nitrogen and oxygen atoms in total. The summed E-state index contributed by atoms with van der Waals surface area (Å²) in [5.41, 5.74) is 3.60. The minimum absolute atomic E-state index is 0.0228. The average Bonchev–Trinajstić information content (AvgIpc) is 3.47. The molecule has 4 rings (SSSR count). The molecule has 2 heterocycles. The third-order valence-electron chi connectivity index (χ3n) is 5.88. The van der Waals surface area contributed by atoms with Crippen LogP contribution < -0.4 is 10.1 Å². The lowest BCUT2D eigenvalue weighted by Gasteiger charge is -2.19. The van der Waals surface area contributed by atoms with Crippen molar-refractivity contribution in [1.29, 1.82) is 0 Å². The summed E-state index contributed by atoms with van der Waals surface area (Å²) in [6.07, 6.45) is 2.65. The Morgan fingerprint density at radius 3 is 2.56 bits per heavy atom. The van der Waals surface area contributed by atoms with Crippen molar-refractivity contribution in [2.75, 3.05) is 13.2 Å². The Morgan fingerprint density at radius 1 is 1.03 bits per heavy atom. The lowest BCUT2D eigenvalue weighted by molar-refractivity contribution is 0.0958. The van der Waals surface area contributed by atoms with E-state index in [-0.39, 0.29) is 11.3 Å². The number of benzene rings is 2. The molecule has 0 atom stereocenters. The fraction of sp³-hybridized carbons (Fsp3) is 0.357. The van der Waals surface area contributed by atoms with Crippen LogP contribution in [0.2, 0.25) is 0 Å². The summed E-state index contributed by atoms with van der Waals surface area (Å²) in [7, 11) is 0. The first kappa shape index (κ1) is 24.0. The topological polar surface area (TPSA) is 56.1 Å². The molecule has 34 heavy (non-hydrogen) atoms. The fourth-order valence-electron chi connectivity index (χ4n) is 3.96. The van der Waals surface area contributed by atoms with Crippen LogP contribution in [-0.4, -0.2) is 28.6 Å². The van der Waals surface area contributed by atoms with Gasteiger partial charge in [-0.25, -0.2) is 4.98 Å². The summed E-state index contributed by atoms with van der Waals surface area (Å²) >= 11 is 1.46. The zero-order chi connectivity index (χ0) is 24.0. The quantitative estimate of drug-likeness (QED) is 0.277. The Bertz CT molecular complexity index is 1200. The molecule has 0 saturated carbocycles. The van der Waals surface area contributed by atoms with Gasteiger partial charge in [0.25, 0.3) is 5.91 Å². The molecule has 0 spiro atoms. The molecule has 0 aliphatic rings. The van der Waals surface area contributed by atoms with Gasteiger partial charge in [-0.05, 0) is 59.5 Å². The van der Waals surface area contributed by atoms with E-state index < -0.39 is 0 Å². The molecule has 1 amide bonds. The molecular weight excluding hydrogens is 442 g/mol. The van der Waals surface area contributed by atoms with Gasteiger partial charge in [0, 0.05) is 19.5 Å². The standard InChI is InChI=1S/C28H33N3O2S/c1-28(2,3)21-12-14-22(15-13-21)33-19-7-6-18-31-24-10-5-4-9-23(24)30-26(31)16-17-29-27(32)25-11-8-20-34-25/h4-5,8-15,20H,6-7,16-19H2,1-3H3,(H,29,32). The van der Waals surface area contributed by atoms with E-state index in [2.05, 4.69) is 61.0 Å². The molecular formula is C28H33N3O2S. The van der Waals surface area contributed by atoms with Gasteiger partial charge in [0.15, 0.2) is 0 Å². The number of para-hydroxylation sites is 2. The van der Waals surface area contributed by atoms with E-state index in [0.717, 1.165) is 46.9 Å². The number of hydrogen-bond acceptors (Lipinski definition) is 4. The number of hydrogen-bond donors (Lipinski definition) is 1. The first-order valence-electron chi connectivity index (χ1n) is 11.9. The number of carbonyl (C=O) groups excluding carboxylic acids is 1. The van der Waals surface area contributed by atoms with Gasteiger partial charge >= 0.3 is 0 Å². The first-order chi connectivity index (χ1) is 16.4. The number of carbonyl (C=O) groups is 1. The fourth-order valence-corrected chi connectivity index (χ4v) is 4.60. The van der Waals surface area contributed by atoms with Crippen molar-refractivity contribution in [2.45, 2.75) is 52.0 Å². The number of imidazole rings is 1. The Labute approximate surface area is 205 Å². The van der Waals surface area contributed by atoms with E-state index in [1.165, 1.54) is 16.9 Å². The monoisotopic (exact) mass is 475 g/mol. The van der Waals surface area contributed by atoms with Crippen molar-refractivity contribution in [1.82, 2.24) is 14.9 Å². The zero-order valence-corrected chi connectivity index (χ0v) is 21.0. The van der Waals surface area contributed by atoms with E-state index in [1.807, 2.05) is 35.7 Å². The maximum atomic E-state index is 12.2. The number of rotatable bonds is 10. The van der Waals surface area contributed by atoms with Crippen LogP contribution in [0.5, 0.6) is 5.75 Å². The predicted molar refractivity (Wildman–Crippen MR) is 140 cm³/mol. The number of thiophene rings is 1. The van der Waals surface area contributed by atoms with Crippen LogP contribution in [0.25, 0.3) is 11.0 Å². The van der Waals surface area contributed by atoms with Crippen molar-refractivity contribution in [3.05, 3.63) is 82.3 Å². The number of amides is 1. The number of aryl methyl sites for hydroxylation is 1. The molecule has 0 unspecified atom stereocenters. The van der Waals surface area contributed by atoms with Crippen molar-refractivity contribution >= 4 is 28.3 Å². The molecule has 2 aromatic carbocycles. The van der Waals surface area contributed by atoms with E-state index >= 15 is 0 Å². The van der Waals surface area contributed by atoms with Gasteiger partial charge in [-0.2, -0.15) is 0 Å². The number of nitrogens with one attached hydrogen (secondary N) is 1. The minimum Gasteiger partial charge on any atom is -0.494 e. The molecule has 0 aliphatic heterocycles. The molecule has 0 aliphatic carbocycles. The molecule has 0 saturated heterocycles. The number of ether oxygens (including phenoxy) is 1.